The molecule has 0 radical (unpaired) electrons. The summed E-state index contributed by atoms with van der Waals surface area (Å²) in [6, 6.07) is 9.78. The van der Waals surface area contributed by atoms with E-state index in [9.17, 15) is 4.79 Å². The van der Waals surface area contributed by atoms with Crippen molar-refractivity contribution in [3.8, 4) is 0 Å². The fraction of sp³-hybridized carbons (Fsp3) is 0.500. The zero-order chi connectivity index (χ0) is 13.2. The molecule has 1 atom stereocenters. The first kappa shape index (κ1) is 15.1. The van der Waals surface area contributed by atoms with Crippen molar-refractivity contribution in [1.29, 1.82) is 0 Å². The number of esters is 1. The van der Waals surface area contributed by atoms with Gasteiger partial charge in [-0.05, 0) is 18.4 Å². The number of hydrogen-bond donors (Lipinski definition) is 1. The van der Waals surface area contributed by atoms with Crippen LogP contribution in [0.1, 0.15) is 18.9 Å². The van der Waals surface area contributed by atoms with Gasteiger partial charge in [0.25, 0.3) is 0 Å². The molecule has 0 saturated carbocycles. The second-order valence-electron chi connectivity index (χ2n) is 3.99. The van der Waals surface area contributed by atoms with Crippen molar-refractivity contribution in [2.45, 2.75) is 25.0 Å². The van der Waals surface area contributed by atoms with E-state index in [4.69, 9.17) is 9.47 Å². The maximum atomic E-state index is 11.6. The Bertz CT molecular complexity index is 340. The average Bonchev–Trinajstić information content (AvgIpc) is 2.39. The van der Waals surface area contributed by atoms with Crippen molar-refractivity contribution in [3.05, 3.63) is 35.9 Å². The summed E-state index contributed by atoms with van der Waals surface area (Å²) in [7, 11) is 0. The third-order valence-corrected chi connectivity index (χ3v) is 2.76. The first-order chi connectivity index (χ1) is 8.74. The minimum Gasteiger partial charge on any atom is -0.462 e. The van der Waals surface area contributed by atoms with Crippen LogP contribution in [0.25, 0.3) is 0 Å². The quantitative estimate of drug-likeness (QED) is 0.447. The van der Waals surface area contributed by atoms with Crippen molar-refractivity contribution in [2.24, 2.45) is 0 Å². The zero-order valence-corrected chi connectivity index (χ0v) is 11.6. The highest BCUT2D eigenvalue weighted by Gasteiger charge is 2.15. The summed E-state index contributed by atoms with van der Waals surface area (Å²) >= 11 is 4.26. The summed E-state index contributed by atoms with van der Waals surface area (Å²) in [6.07, 6.45) is 1.55. The van der Waals surface area contributed by atoms with Crippen LogP contribution in [0, 0.1) is 0 Å². The monoisotopic (exact) mass is 268 g/mol. The summed E-state index contributed by atoms with van der Waals surface area (Å²) in [5.74, 6) is -0.290. The van der Waals surface area contributed by atoms with Crippen LogP contribution in [-0.4, -0.2) is 31.0 Å². The van der Waals surface area contributed by atoms with E-state index < -0.39 is 5.25 Å². The lowest BCUT2D eigenvalue weighted by molar-refractivity contribution is -0.144. The molecule has 18 heavy (non-hydrogen) atoms. The van der Waals surface area contributed by atoms with E-state index in [0.29, 0.717) is 26.2 Å². The molecule has 0 N–H and O–H groups in total. The molecule has 0 amide bonds. The lowest BCUT2D eigenvalue weighted by Crippen LogP contribution is -2.22. The Balaban J connectivity index is 2.21. The number of carbonyl (C=O) groups excluding carboxylic acids is 1. The average molecular weight is 268 g/mol. The minimum absolute atomic E-state index is 0.290. The molecule has 0 spiro atoms. The van der Waals surface area contributed by atoms with Gasteiger partial charge in [-0.3, -0.25) is 4.79 Å². The van der Waals surface area contributed by atoms with Gasteiger partial charge in [0.1, 0.15) is 11.9 Å². The normalized spacial score (nSPS) is 12.1. The molecule has 0 aromatic heterocycles. The molecule has 1 rings (SSSR count). The van der Waals surface area contributed by atoms with Gasteiger partial charge >= 0.3 is 5.97 Å². The molecule has 0 aliphatic heterocycles. The number of ether oxygens (including phenoxy) is 2. The number of rotatable bonds is 8. The second-order valence-corrected chi connectivity index (χ2v) is 4.61. The molecule has 3 nitrogen and oxygen atoms in total. The van der Waals surface area contributed by atoms with Gasteiger partial charge in [-0.15, -0.1) is 0 Å². The third kappa shape index (κ3) is 6.07. The fourth-order valence-corrected chi connectivity index (χ4v) is 1.75. The Morgan fingerprint density at radius 1 is 1.22 bits per heavy atom. The van der Waals surface area contributed by atoms with Gasteiger partial charge in [0.2, 0.25) is 0 Å². The van der Waals surface area contributed by atoms with Gasteiger partial charge in [0.05, 0.1) is 6.61 Å². The fourth-order valence-electron chi connectivity index (χ4n) is 1.46. The molecule has 1 aromatic carbocycles. The molecule has 0 saturated heterocycles. The largest absolute Gasteiger partial charge is 0.462 e. The van der Waals surface area contributed by atoms with Gasteiger partial charge in [0, 0.05) is 6.61 Å². The Morgan fingerprint density at radius 3 is 2.61 bits per heavy atom. The maximum Gasteiger partial charge on any atom is 0.319 e. The van der Waals surface area contributed by atoms with Crippen LogP contribution in [0.15, 0.2) is 30.3 Å². The molecule has 100 valence electrons. The van der Waals surface area contributed by atoms with Crippen LogP contribution in [0.5, 0.6) is 0 Å². The lowest BCUT2D eigenvalue weighted by Gasteiger charge is -2.11. The standard InChI is InChI=1S/C14H20O3S/c1-2-8-16-9-10-17-14(15)13(18)11-12-6-4-3-5-7-12/h3-7,13,18H,2,8-11H2,1H3. The topological polar surface area (TPSA) is 35.5 Å². The van der Waals surface area contributed by atoms with Crippen molar-refractivity contribution >= 4 is 18.6 Å². The van der Waals surface area contributed by atoms with Crippen molar-refractivity contribution in [3.63, 3.8) is 0 Å². The van der Waals surface area contributed by atoms with Gasteiger partial charge in [0.15, 0.2) is 0 Å². The van der Waals surface area contributed by atoms with Gasteiger partial charge < -0.3 is 9.47 Å². The molecular weight excluding hydrogens is 248 g/mol. The van der Waals surface area contributed by atoms with Gasteiger partial charge in [-0.1, -0.05) is 37.3 Å². The van der Waals surface area contributed by atoms with Crippen LogP contribution < -0.4 is 0 Å². The van der Waals surface area contributed by atoms with Crippen LogP contribution in [0.3, 0.4) is 0 Å². The molecule has 1 aromatic rings. The SMILES string of the molecule is CCCOCCOC(=O)C(S)Cc1ccccc1. The Morgan fingerprint density at radius 2 is 1.94 bits per heavy atom. The summed E-state index contributed by atoms with van der Waals surface area (Å²) in [6.45, 7) is 3.48. The number of thiol groups is 1. The number of hydrogen-bond acceptors (Lipinski definition) is 4. The summed E-state index contributed by atoms with van der Waals surface area (Å²) in [5, 5.41) is -0.418. The van der Waals surface area contributed by atoms with Crippen LogP contribution >= 0.6 is 12.6 Å². The van der Waals surface area contributed by atoms with E-state index in [0.717, 1.165) is 12.0 Å². The number of benzene rings is 1. The summed E-state index contributed by atoms with van der Waals surface area (Å²) < 4.78 is 10.3. The molecule has 0 fully saturated rings. The maximum absolute atomic E-state index is 11.6. The molecule has 0 heterocycles. The summed E-state index contributed by atoms with van der Waals surface area (Å²) in [4.78, 5) is 11.6. The van der Waals surface area contributed by atoms with E-state index in [-0.39, 0.29) is 5.97 Å². The molecule has 0 aliphatic rings. The minimum atomic E-state index is -0.418. The van der Waals surface area contributed by atoms with Crippen LogP contribution in [0.4, 0.5) is 0 Å². The molecule has 1 unspecified atom stereocenters. The van der Waals surface area contributed by atoms with Crippen LogP contribution in [-0.2, 0) is 20.7 Å². The third-order valence-electron chi connectivity index (χ3n) is 2.36. The van der Waals surface area contributed by atoms with E-state index in [1.807, 2.05) is 37.3 Å². The van der Waals surface area contributed by atoms with Gasteiger partial charge in [-0.25, -0.2) is 0 Å². The Hall–Kier alpha value is -1.00. The first-order valence-electron chi connectivity index (χ1n) is 6.20. The van der Waals surface area contributed by atoms with Crippen molar-refractivity contribution < 1.29 is 14.3 Å². The molecule has 0 aliphatic carbocycles. The van der Waals surface area contributed by atoms with E-state index in [1.54, 1.807) is 0 Å². The predicted octanol–water partition coefficient (Wildman–Crippen LogP) is 2.50. The molecule has 4 heteroatoms. The van der Waals surface area contributed by atoms with Crippen molar-refractivity contribution in [1.82, 2.24) is 0 Å². The molecular formula is C14H20O3S. The predicted molar refractivity (Wildman–Crippen MR) is 75.0 cm³/mol. The lowest BCUT2D eigenvalue weighted by atomic mass is 10.1. The Labute approximate surface area is 114 Å². The Kier molecular flexibility index (Phi) is 7.53. The number of carbonyl (C=O) groups is 1. The highest BCUT2D eigenvalue weighted by atomic mass is 32.1. The van der Waals surface area contributed by atoms with Gasteiger partial charge in [-0.2, -0.15) is 12.6 Å². The van der Waals surface area contributed by atoms with Crippen LogP contribution in [0.2, 0.25) is 0 Å². The molecule has 0 bridgehead atoms. The summed E-state index contributed by atoms with van der Waals surface area (Å²) in [5.41, 5.74) is 1.08. The van der Waals surface area contributed by atoms with E-state index in [1.165, 1.54) is 0 Å². The second kappa shape index (κ2) is 9.00. The van der Waals surface area contributed by atoms with Crippen molar-refractivity contribution in [2.75, 3.05) is 19.8 Å². The smallest absolute Gasteiger partial charge is 0.319 e. The first-order valence-corrected chi connectivity index (χ1v) is 6.72. The highest BCUT2D eigenvalue weighted by Crippen LogP contribution is 2.09. The van der Waals surface area contributed by atoms with E-state index in [2.05, 4.69) is 12.6 Å². The zero-order valence-electron chi connectivity index (χ0n) is 10.7. The highest BCUT2D eigenvalue weighted by molar-refractivity contribution is 7.81. The van der Waals surface area contributed by atoms with E-state index >= 15 is 0 Å².